The molecule has 0 atom stereocenters. The predicted molar refractivity (Wildman–Crippen MR) is 187 cm³/mol. The number of imide groups is 1. The first-order valence-corrected chi connectivity index (χ1v) is 16.9. The summed E-state index contributed by atoms with van der Waals surface area (Å²) in [6.45, 7) is 19.0. The molecule has 0 unspecified atom stereocenters. The maximum absolute atomic E-state index is 15.7. The minimum Gasteiger partial charge on any atom is -0.444 e. The normalized spacial score (nSPS) is 17.1. The second-order valence-electron chi connectivity index (χ2n) is 16.0. The van der Waals surface area contributed by atoms with Gasteiger partial charge in [-0.1, -0.05) is 0 Å². The SMILES string of the molecule is CC(C)n1nc(-c2cc(F)c(N)cc2F)c2c(N(C(=O)OC(C)(C)C)C(=O)OC(C)(C)C)ncc([C@H]3CC[C@H](NC(=O)OC(C)(C)C)CC3)c21. The molecule has 12 nitrogen and oxygen atoms in total. The Morgan fingerprint density at radius 2 is 1.42 bits per heavy atom. The zero-order valence-electron chi connectivity index (χ0n) is 30.9. The van der Waals surface area contributed by atoms with E-state index < -0.39 is 52.4 Å². The molecule has 1 aromatic carbocycles. The number of aromatic nitrogens is 3. The van der Waals surface area contributed by atoms with Crippen LogP contribution in [0.5, 0.6) is 0 Å². The fourth-order valence-electron chi connectivity index (χ4n) is 5.84. The van der Waals surface area contributed by atoms with Gasteiger partial charge in [-0.25, -0.2) is 28.1 Å². The van der Waals surface area contributed by atoms with Crippen molar-refractivity contribution in [2.75, 3.05) is 10.6 Å². The monoisotopic (exact) mass is 700 g/mol. The van der Waals surface area contributed by atoms with Crippen LogP contribution < -0.4 is 16.0 Å². The summed E-state index contributed by atoms with van der Waals surface area (Å²) in [6.07, 6.45) is 1.49. The van der Waals surface area contributed by atoms with Crippen molar-refractivity contribution in [1.82, 2.24) is 20.1 Å². The molecular weight excluding hydrogens is 650 g/mol. The van der Waals surface area contributed by atoms with E-state index in [9.17, 15) is 18.8 Å². The van der Waals surface area contributed by atoms with Gasteiger partial charge in [0.1, 0.15) is 34.1 Å². The summed E-state index contributed by atoms with van der Waals surface area (Å²) >= 11 is 0. The van der Waals surface area contributed by atoms with E-state index in [1.54, 1.807) is 73.2 Å². The molecule has 0 saturated heterocycles. The van der Waals surface area contributed by atoms with Gasteiger partial charge in [0.05, 0.1) is 16.6 Å². The van der Waals surface area contributed by atoms with E-state index in [1.165, 1.54) is 0 Å². The van der Waals surface area contributed by atoms with E-state index in [1.807, 2.05) is 13.8 Å². The minimum absolute atomic E-state index is 0.0492. The fraction of sp³-hybridized carbons (Fsp3) is 0.583. The summed E-state index contributed by atoms with van der Waals surface area (Å²) in [6, 6.07) is 1.38. The van der Waals surface area contributed by atoms with Crippen molar-refractivity contribution in [3.8, 4) is 11.3 Å². The summed E-state index contributed by atoms with van der Waals surface area (Å²) in [5, 5.41) is 7.85. The Balaban J connectivity index is 1.95. The van der Waals surface area contributed by atoms with Crippen molar-refractivity contribution in [3.05, 3.63) is 35.5 Å². The van der Waals surface area contributed by atoms with Crippen LogP contribution in [-0.4, -0.2) is 55.9 Å². The topological polar surface area (TPSA) is 151 Å². The van der Waals surface area contributed by atoms with Crippen molar-refractivity contribution in [2.24, 2.45) is 0 Å². The molecule has 3 aromatic rings. The van der Waals surface area contributed by atoms with Gasteiger partial charge in [-0.05, 0) is 119 Å². The van der Waals surface area contributed by atoms with Gasteiger partial charge in [0.15, 0.2) is 5.82 Å². The Hall–Kier alpha value is -4.49. The van der Waals surface area contributed by atoms with Crippen LogP contribution in [-0.2, 0) is 14.2 Å². The number of nitrogens with two attached hydrogens (primary N) is 1. The largest absolute Gasteiger partial charge is 0.444 e. The van der Waals surface area contributed by atoms with Crippen LogP contribution >= 0.6 is 0 Å². The van der Waals surface area contributed by atoms with Gasteiger partial charge < -0.3 is 25.3 Å². The average molecular weight is 701 g/mol. The molecule has 2 aromatic heterocycles. The quantitative estimate of drug-likeness (QED) is 0.197. The van der Waals surface area contributed by atoms with Gasteiger partial charge in [0.2, 0.25) is 0 Å². The van der Waals surface area contributed by atoms with E-state index in [-0.39, 0.29) is 40.5 Å². The van der Waals surface area contributed by atoms with Crippen molar-refractivity contribution in [1.29, 1.82) is 0 Å². The van der Waals surface area contributed by atoms with E-state index in [2.05, 4.69) is 10.3 Å². The molecule has 4 rings (SSSR count). The summed E-state index contributed by atoms with van der Waals surface area (Å²) in [4.78, 5) is 45.4. The number of alkyl carbamates (subject to hydrolysis) is 1. The molecule has 274 valence electrons. The highest BCUT2D eigenvalue weighted by Gasteiger charge is 2.38. The summed E-state index contributed by atoms with van der Waals surface area (Å²) in [5.74, 6) is -2.04. The Morgan fingerprint density at radius 1 is 0.880 bits per heavy atom. The lowest BCUT2D eigenvalue weighted by atomic mass is 9.81. The highest BCUT2D eigenvalue weighted by molar-refractivity contribution is 6.16. The zero-order chi connectivity index (χ0) is 37.5. The van der Waals surface area contributed by atoms with Crippen LogP contribution in [0.3, 0.4) is 0 Å². The molecule has 0 bridgehead atoms. The van der Waals surface area contributed by atoms with Gasteiger partial charge in [0, 0.05) is 29.9 Å². The summed E-state index contributed by atoms with van der Waals surface area (Å²) in [7, 11) is 0. The lowest BCUT2D eigenvalue weighted by molar-refractivity contribution is 0.0425. The highest BCUT2D eigenvalue weighted by Crippen LogP contribution is 2.44. The Bertz CT molecular complexity index is 1730. The van der Waals surface area contributed by atoms with Crippen molar-refractivity contribution in [2.45, 2.75) is 137 Å². The molecule has 1 fully saturated rings. The Morgan fingerprint density at radius 3 is 1.92 bits per heavy atom. The predicted octanol–water partition coefficient (Wildman–Crippen LogP) is 8.77. The maximum Gasteiger partial charge on any atom is 0.425 e. The van der Waals surface area contributed by atoms with Crippen LogP contribution in [0.4, 0.5) is 34.7 Å². The van der Waals surface area contributed by atoms with E-state index in [4.69, 9.17) is 25.0 Å². The molecule has 3 amide bonds. The maximum atomic E-state index is 15.7. The Labute approximate surface area is 292 Å². The summed E-state index contributed by atoms with van der Waals surface area (Å²) in [5.41, 5.74) is 3.56. The van der Waals surface area contributed by atoms with Crippen molar-refractivity contribution >= 4 is 40.7 Å². The molecule has 2 heterocycles. The number of anilines is 2. The molecule has 14 heteroatoms. The molecule has 50 heavy (non-hydrogen) atoms. The number of ether oxygens (including phenoxy) is 3. The molecule has 0 radical (unpaired) electrons. The second kappa shape index (κ2) is 14.0. The number of carbonyl (C=O) groups excluding carboxylic acids is 3. The number of rotatable bonds is 5. The molecule has 3 N–H and O–H groups in total. The van der Waals surface area contributed by atoms with Crippen LogP contribution in [0.15, 0.2) is 18.3 Å². The number of pyridine rings is 1. The van der Waals surface area contributed by atoms with Crippen LogP contribution in [0, 0.1) is 11.6 Å². The lowest BCUT2D eigenvalue weighted by Crippen LogP contribution is -2.44. The third kappa shape index (κ3) is 8.99. The number of amides is 3. The van der Waals surface area contributed by atoms with Crippen molar-refractivity contribution < 1.29 is 37.4 Å². The lowest BCUT2D eigenvalue weighted by Gasteiger charge is -2.31. The van der Waals surface area contributed by atoms with E-state index >= 15 is 4.39 Å². The van der Waals surface area contributed by atoms with E-state index in [0.29, 0.717) is 36.1 Å². The number of nitrogens with zero attached hydrogens (tertiary/aromatic N) is 4. The number of nitrogen functional groups attached to an aromatic ring is 1. The molecular formula is C36H50F2N6O6. The number of fused-ring (bicyclic) bond motifs is 1. The van der Waals surface area contributed by atoms with E-state index in [0.717, 1.165) is 17.7 Å². The second-order valence-corrected chi connectivity index (χ2v) is 16.0. The zero-order valence-corrected chi connectivity index (χ0v) is 30.9. The Kier molecular flexibility index (Phi) is 10.7. The van der Waals surface area contributed by atoms with Crippen molar-refractivity contribution in [3.63, 3.8) is 0 Å². The number of nitrogens with one attached hydrogen (secondary N) is 1. The molecule has 0 spiro atoms. The smallest absolute Gasteiger partial charge is 0.425 e. The van der Waals surface area contributed by atoms with Crippen LogP contribution in [0.1, 0.15) is 119 Å². The molecule has 1 saturated carbocycles. The number of benzene rings is 1. The van der Waals surface area contributed by atoms with Gasteiger partial charge in [-0.2, -0.15) is 10.00 Å². The first-order valence-electron chi connectivity index (χ1n) is 16.9. The first-order chi connectivity index (χ1) is 23.0. The molecule has 1 aliphatic carbocycles. The third-order valence-corrected chi connectivity index (χ3v) is 7.82. The molecule has 0 aliphatic heterocycles. The average Bonchev–Trinajstić information content (AvgIpc) is 3.34. The van der Waals surface area contributed by atoms with Gasteiger partial charge in [-0.15, -0.1) is 0 Å². The third-order valence-electron chi connectivity index (χ3n) is 7.82. The van der Waals surface area contributed by atoms with Gasteiger partial charge >= 0.3 is 18.3 Å². The van der Waals surface area contributed by atoms with Gasteiger partial charge in [0.25, 0.3) is 0 Å². The van der Waals surface area contributed by atoms with Crippen LogP contribution in [0.2, 0.25) is 0 Å². The highest BCUT2D eigenvalue weighted by atomic mass is 19.1. The number of hydrogen-bond acceptors (Lipinski definition) is 9. The van der Waals surface area contributed by atoms with Crippen LogP contribution in [0.25, 0.3) is 22.2 Å². The molecule has 1 aliphatic rings. The fourth-order valence-corrected chi connectivity index (χ4v) is 5.84. The standard InChI is InChI=1S/C36H50F2N6O6/c1-19(2)44-29-23(20-12-14-21(15-13-20)41-31(45)48-34(3,4)5)18-40-30(27(29)28(42-44)22-16-25(38)26(39)17-24(22)37)43(32(46)49-35(6,7)8)33(47)50-36(9,10)11/h16-21H,12-15,39H2,1-11H3,(H,41,45)/t20-,21-. The number of hydrogen-bond donors (Lipinski definition) is 2. The number of carbonyl (C=O) groups is 3. The first kappa shape index (κ1) is 38.3. The number of halogens is 2. The van der Waals surface area contributed by atoms with Gasteiger partial charge in [-0.3, -0.25) is 4.68 Å². The minimum atomic E-state index is -1.07. The summed E-state index contributed by atoms with van der Waals surface area (Å²) < 4.78 is 49.0.